The number of hydrogen-bond donors (Lipinski definition) is 1. The molecule has 0 radical (unpaired) electrons. The van der Waals surface area contributed by atoms with E-state index in [9.17, 15) is 18.0 Å². The molecule has 48 heavy (non-hydrogen) atoms. The van der Waals surface area contributed by atoms with E-state index < -0.39 is 16.1 Å². The monoisotopic (exact) mass is 680 g/mol. The van der Waals surface area contributed by atoms with Gasteiger partial charge in [-0.05, 0) is 47.5 Å². The number of benzene rings is 3. The van der Waals surface area contributed by atoms with Gasteiger partial charge in [-0.15, -0.1) is 0 Å². The van der Waals surface area contributed by atoms with Crippen LogP contribution in [-0.4, -0.2) is 120 Å². The van der Waals surface area contributed by atoms with Gasteiger partial charge in [-0.25, -0.2) is 8.42 Å². The first kappa shape index (κ1) is 35.3. The first-order chi connectivity index (χ1) is 23.3. The molecule has 2 heterocycles. The lowest BCUT2D eigenvalue weighted by molar-refractivity contribution is -0.142. The Morgan fingerprint density at radius 2 is 1.46 bits per heavy atom. The van der Waals surface area contributed by atoms with Crippen molar-refractivity contribution in [2.75, 3.05) is 79.4 Å². The summed E-state index contributed by atoms with van der Waals surface area (Å²) in [4.78, 5) is 31.8. The summed E-state index contributed by atoms with van der Waals surface area (Å²) in [7, 11) is -2.08. The van der Waals surface area contributed by atoms with Crippen LogP contribution in [0.2, 0.25) is 0 Å². The number of carbonyl (C=O) groups excluding carboxylic acids is 2. The van der Waals surface area contributed by atoms with Gasteiger partial charge in [0.15, 0.2) is 6.61 Å². The lowest BCUT2D eigenvalue weighted by Crippen LogP contribution is -2.52. The smallest absolute Gasteiger partial charge is 0.261 e. The molecule has 0 aromatic heterocycles. The predicted octanol–water partition coefficient (Wildman–Crippen LogP) is 2.18. The number of carbonyl (C=O) groups is 2. The quantitative estimate of drug-likeness (QED) is 0.257. The van der Waals surface area contributed by atoms with Crippen molar-refractivity contribution in [1.29, 1.82) is 0 Å². The Bertz CT molecular complexity index is 1560. The Labute approximate surface area is 282 Å². The average molecular weight is 681 g/mol. The van der Waals surface area contributed by atoms with Gasteiger partial charge in [0.05, 0.1) is 38.4 Å². The summed E-state index contributed by atoms with van der Waals surface area (Å²) >= 11 is 0. The molecule has 2 saturated heterocycles. The maximum atomic E-state index is 14.0. The van der Waals surface area contributed by atoms with Crippen molar-refractivity contribution in [2.45, 2.75) is 23.9 Å². The van der Waals surface area contributed by atoms with E-state index in [4.69, 9.17) is 18.9 Å². The minimum Gasteiger partial charge on any atom is -0.497 e. The number of amides is 2. The van der Waals surface area contributed by atoms with Crippen molar-refractivity contribution in [3.8, 4) is 11.5 Å². The van der Waals surface area contributed by atoms with E-state index in [0.29, 0.717) is 70.5 Å². The van der Waals surface area contributed by atoms with Crippen LogP contribution in [0.1, 0.15) is 11.1 Å². The molecular weight excluding hydrogens is 636 g/mol. The van der Waals surface area contributed by atoms with Gasteiger partial charge in [0.25, 0.3) is 5.91 Å². The molecule has 0 aliphatic carbocycles. The van der Waals surface area contributed by atoms with Gasteiger partial charge >= 0.3 is 0 Å². The molecule has 3 aromatic carbocycles. The number of sulfonamides is 1. The third kappa shape index (κ3) is 9.77. The fraction of sp³-hybridized carbons (Fsp3) is 0.429. The molecule has 258 valence electrons. The van der Waals surface area contributed by atoms with E-state index in [-0.39, 0.29) is 29.9 Å². The van der Waals surface area contributed by atoms with Gasteiger partial charge < -0.3 is 29.2 Å². The van der Waals surface area contributed by atoms with Crippen LogP contribution in [0.15, 0.2) is 83.8 Å². The summed E-state index contributed by atoms with van der Waals surface area (Å²) in [6.45, 7) is 5.18. The van der Waals surface area contributed by atoms with Gasteiger partial charge in [0, 0.05) is 52.2 Å². The first-order valence-electron chi connectivity index (χ1n) is 16.2. The maximum absolute atomic E-state index is 14.0. The van der Waals surface area contributed by atoms with Crippen molar-refractivity contribution in [1.82, 2.24) is 19.4 Å². The van der Waals surface area contributed by atoms with E-state index >= 15 is 0 Å². The van der Waals surface area contributed by atoms with Crippen molar-refractivity contribution >= 4 is 21.8 Å². The van der Waals surface area contributed by atoms with Gasteiger partial charge in [-0.2, -0.15) is 4.31 Å². The highest BCUT2D eigenvalue weighted by atomic mass is 32.2. The second-order valence-corrected chi connectivity index (χ2v) is 13.5. The van der Waals surface area contributed by atoms with Crippen LogP contribution < -0.4 is 14.8 Å². The highest BCUT2D eigenvalue weighted by molar-refractivity contribution is 7.89. The Morgan fingerprint density at radius 3 is 2.10 bits per heavy atom. The number of nitrogens with zero attached hydrogens (tertiary/aromatic N) is 3. The third-order valence-electron chi connectivity index (χ3n) is 8.41. The van der Waals surface area contributed by atoms with Crippen LogP contribution in [0, 0.1) is 0 Å². The van der Waals surface area contributed by atoms with E-state index in [0.717, 1.165) is 24.2 Å². The standard InChI is InChI=1S/C35H44N4O8S/c1-44-30-9-7-29(8-10-30)26-39(33(25-28-5-3-2-4-6-28)35(41)36-15-16-37-17-21-45-22-18-37)34(40)27-47-31-11-13-32(14-12-31)48(42,43)38-19-23-46-24-20-38/h2-14,33H,15-27H2,1H3,(H,36,41)/t33-/m0/s1. The number of hydrogen-bond acceptors (Lipinski definition) is 9. The topological polar surface area (TPSA) is 127 Å². The lowest BCUT2D eigenvalue weighted by atomic mass is 10.0. The highest BCUT2D eigenvalue weighted by Crippen LogP contribution is 2.22. The molecule has 0 spiro atoms. The molecule has 12 nitrogen and oxygen atoms in total. The largest absolute Gasteiger partial charge is 0.497 e. The Morgan fingerprint density at radius 1 is 0.833 bits per heavy atom. The predicted molar refractivity (Wildman–Crippen MR) is 179 cm³/mol. The second-order valence-electron chi connectivity index (χ2n) is 11.6. The molecule has 2 aliphatic rings. The van der Waals surface area contributed by atoms with Crippen LogP contribution in [0.3, 0.4) is 0 Å². The van der Waals surface area contributed by atoms with Crippen molar-refractivity contribution < 1.29 is 37.0 Å². The van der Waals surface area contributed by atoms with Crippen LogP contribution >= 0.6 is 0 Å². The summed E-state index contributed by atoms with van der Waals surface area (Å²) in [6, 6.07) is 22.2. The summed E-state index contributed by atoms with van der Waals surface area (Å²) in [5, 5.41) is 3.07. The third-order valence-corrected chi connectivity index (χ3v) is 10.3. The SMILES string of the molecule is COc1ccc(CN(C(=O)COc2ccc(S(=O)(=O)N3CCOCC3)cc2)[C@@H](Cc2ccccc2)C(=O)NCCN2CCOCC2)cc1. The van der Waals surface area contributed by atoms with Gasteiger partial charge in [0.2, 0.25) is 15.9 Å². The number of rotatable bonds is 15. The van der Waals surface area contributed by atoms with E-state index in [1.54, 1.807) is 12.0 Å². The van der Waals surface area contributed by atoms with Crippen molar-refractivity contribution in [2.24, 2.45) is 0 Å². The van der Waals surface area contributed by atoms with Crippen LogP contribution in [0.5, 0.6) is 11.5 Å². The molecule has 1 atom stereocenters. The van der Waals surface area contributed by atoms with E-state index in [1.165, 1.54) is 28.6 Å². The van der Waals surface area contributed by atoms with E-state index in [2.05, 4.69) is 10.2 Å². The van der Waals surface area contributed by atoms with Gasteiger partial charge in [0.1, 0.15) is 17.5 Å². The second kappa shape index (κ2) is 17.4. The molecule has 2 aliphatic heterocycles. The first-order valence-corrected chi connectivity index (χ1v) is 17.6. The van der Waals surface area contributed by atoms with Gasteiger partial charge in [-0.3, -0.25) is 14.5 Å². The summed E-state index contributed by atoms with van der Waals surface area (Å²) in [5.74, 6) is 0.371. The maximum Gasteiger partial charge on any atom is 0.261 e. The highest BCUT2D eigenvalue weighted by Gasteiger charge is 2.31. The minimum absolute atomic E-state index is 0.140. The average Bonchev–Trinajstić information content (AvgIpc) is 3.13. The Balaban J connectivity index is 1.32. The molecule has 1 N–H and O–H groups in total. The van der Waals surface area contributed by atoms with Crippen LogP contribution in [0.25, 0.3) is 0 Å². The normalized spacial score (nSPS) is 16.5. The number of ether oxygens (including phenoxy) is 4. The zero-order chi connectivity index (χ0) is 33.8. The molecule has 0 bridgehead atoms. The Hall–Kier alpha value is -4.01. The molecular formula is C35H44N4O8S. The summed E-state index contributed by atoms with van der Waals surface area (Å²) in [6.07, 6.45) is 0.306. The van der Waals surface area contributed by atoms with Crippen LogP contribution in [-0.2, 0) is 42.1 Å². The number of methoxy groups -OCH3 is 1. The summed E-state index contributed by atoms with van der Waals surface area (Å²) < 4.78 is 49.4. The zero-order valence-corrected chi connectivity index (χ0v) is 28.1. The van der Waals surface area contributed by atoms with Gasteiger partial charge in [-0.1, -0.05) is 42.5 Å². The molecule has 2 fully saturated rings. The molecule has 3 aromatic rings. The molecule has 5 rings (SSSR count). The number of nitrogens with one attached hydrogen (secondary N) is 1. The van der Waals surface area contributed by atoms with Crippen molar-refractivity contribution in [3.05, 3.63) is 90.0 Å². The zero-order valence-electron chi connectivity index (χ0n) is 27.3. The molecule has 0 unspecified atom stereocenters. The molecule has 2 amide bonds. The molecule has 13 heteroatoms. The minimum atomic E-state index is -3.67. The molecule has 0 saturated carbocycles. The summed E-state index contributed by atoms with van der Waals surface area (Å²) in [5.41, 5.74) is 1.73. The Kier molecular flexibility index (Phi) is 12.8. The lowest BCUT2D eigenvalue weighted by Gasteiger charge is -2.32. The number of morpholine rings is 2. The van der Waals surface area contributed by atoms with Crippen molar-refractivity contribution in [3.63, 3.8) is 0 Å². The fourth-order valence-electron chi connectivity index (χ4n) is 5.63. The van der Waals surface area contributed by atoms with Crippen LogP contribution in [0.4, 0.5) is 0 Å². The fourth-order valence-corrected chi connectivity index (χ4v) is 7.04. The van der Waals surface area contributed by atoms with E-state index in [1.807, 2.05) is 54.6 Å².